The molecule has 1 saturated heterocycles. The second-order valence-corrected chi connectivity index (χ2v) is 4.54. The first-order valence-corrected chi connectivity index (χ1v) is 5.86. The zero-order chi connectivity index (χ0) is 12.7. The summed E-state index contributed by atoms with van der Waals surface area (Å²) in [4.78, 5) is 29.3. The molecule has 2 amide bonds. The van der Waals surface area contributed by atoms with Crippen LogP contribution in [0.1, 0.15) is 0 Å². The van der Waals surface area contributed by atoms with E-state index in [4.69, 9.17) is 0 Å². The van der Waals surface area contributed by atoms with Gasteiger partial charge in [-0.05, 0) is 12.1 Å². The van der Waals surface area contributed by atoms with Gasteiger partial charge in [0.05, 0.1) is 12.5 Å². The van der Waals surface area contributed by atoms with E-state index in [1.807, 2.05) is 30.3 Å². The Labute approximate surface area is 105 Å². The lowest BCUT2D eigenvalue weighted by Gasteiger charge is -2.12. The maximum atomic E-state index is 12.0. The van der Waals surface area contributed by atoms with Gasteiger partial charge >= 0.3 is 0 Å². The van der Waals surface area contributed by atoms with Crippen molar-refractivity contribution in [3.05, 3.63) is 30.3 Å². The quantitative estimate of drug-likeness (QED) is 0.740. The number of hydrogen-bond acceptors (Lipinski definition) is 4. The molecule has 2 aliphatic heterocycles. The van der Waals surface area contributed by atoms with Crippen LogP contribution in [-0.2, 0) is 9.59 Å². The van der Waals surface area contributed by atoms with Crippen LogP contribution in [0.25, 0.3) is 0 Å². The lowest BCUT2D eigenvalue weighted by Crippen LogP contribution is -2.31. The van der Waals surface area contributed by atoms with E-state index >= 15 is 0 Å². The highest BCUT2D eigenvalue weighted by molar-refractivity contribution is 6.20. The van der Waals surface area contributed by atoms with Crippen LogP contribution in [0.3, 0.4) is 0 Å². The summed E-state index contributed by atoms with van der Waals surface area (Å²) in [5, 5.41) is 3.13. The van der Waals surface area contributed by atoms with Gasteiger partial charge in [0.2, 0.25) is 11.8 Å². The van der Waals surface area contributed by atoms with Gasteiger partial charge in [0.1, 0.15) is 11.8 Å². The summed E-state index contributed by atoms with van der Waals surface area (Å²) >= 11 is 0. The largest absolute Gasteiger partial charge is 0.343 e. The highest BCUT2D eigenvalue weighted by Gasteiger charge is 2.51. The van der Waals surface area contributed by atoms with Crippen molar-refractivity contribution in [2.24, 2.45) is 16.8 Å². The molecule has 1 N–H and O–H groups in total. The Hall–Kier alpha value is -2.17. The Bertz CT molecular complexity index is 538. The fourth-order valence-corrected chi connectivity index (χ4v) is 2.45. The molecule has 1 fully saturated rings. The molecule has 3 rings (SSSR count). The summed E-state index contributed by atoms with van der Waals surface area (Å²) in [7, 11) is 1.53. The van der Waals surface area contributed by atoms with Gasteiger partial charge in [-0.2, -0.15) is 0 Å². The molecule has 0 aromatic heterocycles. The Morgan fingerprint density at radius 3 is 2.67 bits per heavy atom. The van der Waals surface area contributed by atoms with Crippen molar-refractivity contribution in [3.63, 3.8) is 0 Å². The van der Waals surface area contributed by atoms with E-state index in [-0.39, 0.29) is 17.7 Å². The van der Waals surface area contributed by atoms with Gasteiger partial charge in [-0.25, -0.2) is 0 Å². The van der Waals surface area contributed by atoms with Crippen LogP contribution in [-0.4, -0.2) is 36.1 Å². The van der Waals surface area contributed by atoms with Crippen molar-refractivity contribution in [1.29, 1.82) is 0 Å². The fraction of sp³-hybridized carbons (Fsp3) is 0.308. The van der Waals surface area contributed by atoms with Crippen LogP contribution in [0.5, 0.6) is 0 Å². The standard InChI is InChI=1S/C13H13N3O2/c1-16-12(17)9-7-14-11(10(9)13(16)18)15-8-5-3-2-4-6-8/h2-6,9-10H,7H2,1H3,(H,14,15). The molecule has 5 nitrogen and oxygen atoms in total. The number of fused-ring (bicyclic) bond motifs is 1. The van der Waals surface area contributed by atoms with E-state index in [1.54, 1.807) is 0 Å². The number of carbonyl (C=O) groups is 2. The minimum atomic E-state index is -0.428. The van der Waals surface area contributed by atoms with Crippen LogP contribution < -0.4 is 5.32 Å². The summed E-state index contributed by atoms with van der Waals surface area (Å²) in [5.41, 5.74) is 0.881. The summed E-state index contributed by atoms with van der Waals surface area (Å²) < 4.78 is 0. The average Bonchev–Trinajstić information content (AvgIpc) is 2.89. The molecule has 0 spiro atoms. The first kappa shape index (κ1) is 11.0. The highest BCUT2D eigenvalue weighted by Crippen LogP contribution is 2.31. The molecule has 5 heteroatoms. The number of anilines is 1. The summed E-state index contributed by atoms with van der Waals surface area (Å²) in [6, 6.07) is 9.54. The lowest BCUT2D eigenvalue weighted by molar-refractivity contribution is -0.137. The summed E-state index contributed by atoms with van der Waals surface area (Å²) in [5.74, 6) is -0.423. The molecule has 2 heterocycles. The third kappa shape index (κ3) is 1.51. The van der Waals surface area contributed by atoms with Gasteiger partial charge in [0.25, 0.3) is 0 Å². The molecule has 2 aliphatic rings. The summed E-state index contributed by atoms with van der Waals surface area (Å²) in [6.45, 7) is 0.398. The van der Waals surface area contributed by atoms with E-state index in [0.717, 1.165) is 5.69 Å². The number of hydrogen-bond donors (Lipinski definition) is 1. The number of nitrogens with one attached hydrogen (secondary N) is 1. The molecule has 2 atom stereocenters. The third-order valence-corrected chi connectivity index (χ3v) is 3.45. The number of nitrogens with zero attached hydrogens (tertiary/aromatic N) is 2. The maximum absolute atomic E-state index is 12.0. The van der Waals surface area contributed by atoms with Crippen LogP contribution in [0, 0.1) is 11.8 Å². The number of amides is 2. The van der Waals surface area contributed by atoms with Gasteiger partial charge in [-0.1, -0.05) is 18.2 Å². The molecule has 1 aromatic rings. The van der Waals surface area contributed by atoms with Crippen LogP contribution in [0.2, 0.25) is 0 Å². The smallest absolute Gasteiger partial charge is 0.240 e. The number of imide groups is 1. The normalized spacial score (nSPS) is 26.3. The average molecular weight is 243 g/mol. The van der Waals surface area contributed by atoms with E-state index in [9.17, 15) is 9.59 Å². The van der Waals surface area contributed by atoms with Crippen molar-refractivity contribution >= 4 is 23.3 Å². The minimum Gasteiger partial charge on any atom is -0.343 e. The summed E-state index contributed by atoms with van der Waals surface area (Å²) in [6.07, 6.45) is 0. The number of carbonyl (C=O) groups excluding carboxylic acids is 2. The predicted octanol–water partition coefficient (Wildman–Crippen LogP) is 0.742. The molecule has 92 valence electrons. The van der Waals surface area contributed by atoms with E-state index < -0.39 is 5.92 Å². The molecule has 18 heavy (non-hydrogen) atoms. The monoisotopic (exact) mass is 243 g/mol. The van der Waals surface area contributed by atoms with Crippen molar-refractivity contribution < 1.29 is 9.59 Å². The van der Waals surface area contributed by atoms with Gasteiger partial charge in [-0.3, -0.25) is 19.5 Å². The van der Waals surface area contributed by atoms with E-state index in [2.05, 4.69) is 10.3 Å². The molecule has 0 radical (unpaired) electrons. The topological polar surface area (TPSA) is 61.8 Å². The van der Waals surface area contributed by atoms with Gasteiger partial charge in [0.15, 0.2) is 0 Å². The zero-order valence-corrected chi connectivity index (χ0v) is 9.96. The molecular weight excluding hydrogens is 230 g/mol. The number of benzene rings is 1. The van der Waals surface area contributed by atoms with Gasteiger partial charge < -0.3 is 5.32 Å². The predicted molar refractivity (Wildman–Crippen MR) is 67.1 cm³/mol. The fourth-order valence-electron chi connectivity index (χ4n) is 2.45. The number of likely N-dealkylation sites (tertiary alicyclic amines) is 1. The second-order valence-electron chi connectivity index (χ2n) is 4.54. The Morgan fingerprint density at radius 2 is 1.94 bits per heavy atom. The molecule has 0 bridgehead atoms. The van der Waals surface area contributed by atoms with Crippen LogP contribution in [0.4, 0.5) is 5.69 Å². The Morgan fingerprint density at radius 1 is 1.22 bits per heavy atom. The van der Waals surface area contributed by atoms with Crippen molar-refractivity contribution in [2.45, 2.75) is 0 Å². The highest BCUT2D eigenvalue weighted by atomic mass is 16.2. The van der Waals surface area contributed by atoms with Crippen LogP contribution in [0.15, 0.2) is 35.3 Å². The molecule has 2 unspecified atom stereocenters. The number of amidine groups is 1. The van der Waals surface area contributed by atoms with Gasteiger partial charge in [0, 0.05) is 12.7 Å². The maximum Gasteiger partial charge on any atom is 0.240 e. The first-order valence-electron chi connectivity index (χ1n) is 5.86. The van der Waals surface area contributed by atoms with Crippen LogP contribution >= 0.6 is 0 Å². The zero-order valence-electron chi connectivity index (χ0n) is 9.96. The van der Waals surface area contributed by atoms with E-state index in [1.165, 1.54) is 11.9 Å². The molecular formula is C13H13N3O2. The van der Waals surface area contributed by atoms with E-state index in [0.29, 0.717) is 12.4 Å². The van der Waals surface area contributed by atoms with Crippen molar-refractivity contribution in [3.8, 4) is 0 Å². The lowest BCUT2D eigenvalue weighted by atomic mass is 9.97. The SMILES string of the molecule is CN1C(=O)C2CN=C(Nc3ccccc3)C2C1=O. The van der Waals surface area contributed by atoms with Gasteiger partial charge in [-0.15, -0.1) is 0 Å². The second kappa shape index (κ2) is 3.94. The Kier molecular flexibility index (Phi) is 2.40. The number of rotatable bonds is 1. The number of aliphatic imine (C=N–C) groups is 1. The number of para-hydroxylation sites is 1. The first-order chi connectivity index (χ1) is 8.68. The third-order valence-electron chi connectivity index (χ3n) is 3.45. The molecule has 0 saturated carbocycles. The molecule has 1 aromatic carbocycles. The van der Waals surface area contributed by atoms with Crippen molar-refractivity contribution in [1.82, 2.24) is 4.90 Å². The molecule has 0 aliphatic carbocycles. The van der Waals surface area contributed by atoms with Crippen molar-refractivity contribution in [2.75, 3.05) is 18.9 Å². The Balaban J connectivity index is 1.84. The minimum absolute atomic E-state index is 0.126.